The molecule has 3 aromatic rings. The van der Waals surface area contributed by atoms with Crippen molar-refractivity contribution < 1.29 is 52.4 Å². The number of pyridine rings is 1. The van der Waals surface area contributed by atoms with Gasteiger partial charge in [0.25, 0.3) is 5.91 Å². The largest absolute Gasteiger partial charge is 0.519 e. The first-order chi connectivity index (χ1) is 22.5. The maximum Gasteiger partial charge on any atom is 0.519 e. The first-order valence-corrected chi connectivity index (χ1v) is 14.9. The van der Waals surface area contributed by atoms with E-state index in [1.165, 1.54) is 26.3 Å². The lowest BCUT2D eigenvalue weighted by Crippen LogP contribution is -2.47. The second-order valence-electron chi connectivity index (χ2n) is 11.1. The summed E-state index contributed by atoms with van der Waals surface area (Å²) in [5.41, 5.74) is 1.28. The van der Waals surface area contributed by atoms with Crippen molar-refractivity contribution in [1.29, 1.82) is 0 Å². The topological polar surface area (TPSA) is 166 Å². The highest BCUT2D eigenvalue weighted by Crippen LogP contribution is 2.31. The normalized spacial score (nSPS) is 19.6. The Morgan fingerprint density at radius 2 is 1.68 bits per heavy atom. The highest BCUT2D eigenvalue weighted by atomic mass is 16.7. The molecule has 2 aromatic carbocycles. The number of carbonyl (C=O) groups is 5. The Morgan fingerprint density at radius 1 is 0.979 bits per heavy atom. The predicted octanol–water partition coefficient (Wildman–Crippen LogP) is 3.99. The van der Waals surface area contributed by atoms with Gasteiger partial charge in [-0.05, 0) is 38.0 Å². The van der Waals surface area contributed by atoms with Crippen molar-refractivity contribution >= 4 is 30.0 Å². The van der Waals surface area contributed by atoms with Crippen LogP contribution in [0.2, 0.25) is 0 Å². The molecule has 0 radical (unpaired) electrons. The predicted molar refractivity (Wildman–Crippen MR) is 165 cm³/mol. The number of nitrogens with one attached hydrogen (secondary N) is 1. The zero-order valence-electron chi connectivity index (χ0n) is 26.6. The van der Waals surface area contributed by atoms with Crippen LogP contribution in [0, 0.1) is 18.8 Å². The Morgan fingerprint density at radius 3 is 2.34 bits per heavy atom. The van der Waals surface area contributed by atoms with E-state index in [0.717, 1.165) is 11.1 Å². The van der Waals surface area contributed by atoms with Gasteiger partial charge in [-0.25, -0.2) is 14.6 Å². The molecule has 1 aliphatic heterocycles. The fraction of sp³-hybridized carbons (Fsp3) is 0.353. The van der Waals surface area contributed by atoms with Gasteiger partial charge in [0.2, 0.25) is 5.75 Å². The van der Waals surface area contributed by atoms with Crippen molar-refractivity contribution in [2.24, 2.45) is 11.8 Å². The highest BCUT2D eigenvalue weighted by Gasteiger charge is 2.42. The van der Waals surface area contributed by atoms with Gasteiger partial charge in [0.15, 0.2) is 23.6 Å². The van der Waals surface area contributed by atoms with Gasteiger partial charge in [0.1, 0.15) is 24.4 Å². The molecular weight excluding hydrogens is 612 g/mol. The molecule has 1 fully saturated rings. The zero-order chi connectivity index (χ0) is 34.1. The summed E-state index contributed by atoms with van der Waals surface area (Å²) >= 11 is 0. The molecule has 4 rings (SSSR count). The van der Waals surface area contributed by atoms with Crippen LogP contribution < -0.4 is 19.5 Å². The molecule has 0 bridgehead atoms. The summed E-state index contributed by atoms with van der Waals surface area (Å²) in [4.78, 5) is 69.6. The molecule has 1 aromatic heterocycles. The number of nitrogens with zero attached hydrogens (tertiary/aromatic N) is 1. The van der Waals surface area contributed by atoms with Crippen LogP contribution in [-0.2, 0) is 35.0 Å². The third kappa shape index (κ3) is 9.06. The Balaban J connectivity index is 1.56. The van der Waals surface area contributed by atoms with Crippen molar-refractivity contribution in [2.45, 2.75) is 52.4 Å². The standard InChI is InChI=1S/C34H36N2O11/c1-19(2)31(38)46-28-21(4)44-33(40)25(18-43-32(39)24(28)17-22-9-7-6-8-10-22)36-30(37)27-29(26(42-5)15-16-35-27)47-34(41)45-23-13-11-20(3)12-14-23/h6-16,19,21,24-25,28H,17-18H2,1-5H3,(H,36,37)/t21-,24+,25?,28?/m0/s1. The molecule has 2 unspecified atom stereocenters. The summed E-state index contributed by atoms with van der Waals surface area (Å²) < 4.78 is 32.6. The van der Waals surface area contributed by atoms with Gasteiger partial charge in [0.05, 0.1) is 13.0 Å². The molecule has 47 heavy (non-hydrogen) atoms. The SMILES string of the molecule is COc1ccnc(C(=O)NC2COC(=O)[C@H](Cc3ccccc3)C(OC(=O)C(C)C)[C@H](C)OC2=O)c1OC(=O)Oc1ccc(C)cc1. The molecule has 1 aliphatic rings. The lowest BCUT2D eigenvalue weighted by Gasteiger charge is -2.29. The van der Waals surface area contributed by atoms with E-state index in [0.29, 0.717) is 0 Å². The summed E-state index contributed by atoms with van der Waals surface area (Å²) in [7, 11) is 1.29. The lowest BCUT2D eigenvalue weighted by molar-refractivity contribution is -0.176. The fourth-order valence-corrected chi connectivity index (χ4v) is 4.64. The highest BCUT2D eigenvalue weighted by molar-refractivity contribution is 5.98. The van der Waals surface area contributed by atoms with E-state index in [-0.39, 0.29) is 23.7 Å². The van der Waals surface area contributed by atoms with Crippen LogP contribution in [0.1, 0.15) is 42.4 Å². The molecule has 4 atom stereocenters. The zero-order valence-corrected chi connectivity index (χ0v) is 26.6. The molecule has 1 saturated heterocycles. The Hall–Kier alpha value is -5.46. The third-order valence-corrected chi connectivity index (χ3v) is 7.18. The monoisotopic (exact) mass is 648 g/mol. The number of hydrogen-bond acceptors (Lipinski definition) is 12. The van der Waals surface area contributed by atoms with E-state index < -0.39 is 72.4 Å². The van der Waals surface area contributed by atoms with Gasteiger partial charge in [-0.2, -0.15) is 0 Å². The smallest absolute Gasteiger partial charge is 0.493 e. The number of aromatic nitrogens is 1. The third-order valence-electron chi connectivity index (χ3n) is 7.18. The molecule has 13 heteroatoms. The fourth-order valence-electron chi connectivity index (χ4n) is 4.64. The van der Waals surface area contributed by atoms with Crippen molar-refractivity contribution in [2.75, 3.05) is 13.7 Å². The first kappa shape index (κ1) is 34.4. The van der Waals surface area contributed by atoms with Crippen LogP contribution in [0.15, 0.2) is 66.9 Å². The molecule has 13 nitrogen and oxygen atoms in total. The number of hydrogen-bond donors (Lipinski definition) is 1. The number of aryl methyl sites for hydroxylation is 1. The number of carbonyl (C=O) groups excluding carboxylic acids is 5. The van der Waals surface area contributed by atoms with Gasteiger partial charge in [-0.3, -0.25) is 14.4 Å². The molecule has 1 amide bonds. The van der Waals surface area contributed by atoms with Crippen molar-refractivity contribution in [3.8, 4) is 17.2 Å². The van der Waals surface area contributed by atoms with E-state index in [4.69, 9.17) is 28.4 Å². The van der Waals surface area contributed by atoms with Crippen LogP contribution in [0.25, 0.3) is 0 Å². The molecule has 0 aliphatic carbocycles. The van der Waals surface area contributed by atoms with Gasteiger partial charge >= 0.3 is 24.1 Å². The quantitative estimate of drug-likeness (QED) is 0.202. The second kappa shape index (κ2) is 15.7. The minimum Gasteiger partial charge on any atom is -0.493 e. The number of methoxy groups -OCH3 is 1. The number of ether oxygens (including phenoxy) is 6. The summed E-state index contributed by atoms with van der Waals surface area (Å²) in [6, 6.07) is 15.5. The molecular formula is C34H36N2O11. The lowest BCUT2D eigenvalue weighted by atomic mass is 9.91. The summed E-state index contributed by atoms with van der Waals surface area (Å²) in [6.45, 7) is 6.02. The summed E-state index contributed by atoms with van der Waals surface area (Å²) in [5, 5.41) is 2.43. The minimum atomic E-state index is -1.51. The summed E-state index contributed by atoms with van der Waals surface area (Å²) in [5.74, 6) is -5.06. The van der Waals surface area contributed by atoms with E-state index in [2.05, 4.69) is 10.3 Å². The van der Waals surface area contributed by atoms with Crippen molar-refractivity contribution in [1.82, 2.24) is 10.3 Å². The van der Waals surface area contributed by atoms with Crippen LogP contribution in [0.3, 0.4) is 0 Å². The average molecular weight is 649 g/mol. The maximum absolute atomic E-state index is 13.5. The van der Waals surface area contributed by atoms with Gasteiger partial charge < -0.3 is 33.7 Å². The Labute approximate surface area is 271 Å². The number of esters is 3. The first-order valence-electron chi connectivity index (χ1n) is 14.9. The number of rotatable bonds is 9. The number of cyclic esters (lactones) is 2. The van der Waals surface area contributed by atoms with E-state index in [1.807, 2.05) is 13.0 Å². The van der Waals surface area contributed by atoms with Crippen LogP contribution in [0.4, 0.5) is 4.79 Å². The second-order valence-corrected chi connectivity index (χ2v) is 11.1. The Bertz CT molecular complexity index is 1590. The number of benzene rings is 2. The Kier molecular flexibility index (Phi) is 11.5. The maximum atomic E-state index is 13.5. The van der Waals surface area contributed by atoms with Gasteiger partial charge in [-0.15, -0.1) is 0 Å². The molecule has 0 saturated carbocycles. The minimum absolute atomic E-state index is 0.0262. The van der Waals surface area contributed by atoms with E-state index in [9.17, 15) is 24.0 Å². The van der Waals surface area contributed by atoms with E-state index >= 15 is 0 Å². The molecule has 0 spiro atoms. The van der Waals surface area contributed by atoms with Crippen LogP contribution >= 0.6 is 0 Å². The molecule has 248 valence electrons. The average Bonchev–Trinajstić information content (AvgIpc) is 3.08. The van der Waals surface area contributed by atoms with Crippen molar-refractivity contribution in [3.05, 3.63) is 83.7 Å². The van der Waals surface area contributed by atoms with Gasteiger partial charge in [-0.1, -0.05) is 61.9 Å². The molecule has 1 N–H and O–H groups in total. The summed E-state index contributed by atoms with van der Waals surface area (Å²) in [6.07, 6.45) is -2.10. The van der Waals surface area contributed by atoms with Crippen LogP contribution in [0.5, 0.6) is 17.2 Å². The van der Waals surface area contributed by atoms with Gasteiger partial charge in [0, 0.05) is 12.3 Å². The van der Waals surface area contributed by atoms with Crippen molar-refractivity contribution in [3.63, 3.8) is 0 Å². The number of amides is 1. The van der Waals surface area contributed by atoms with E-state index in [1.54, 1.807) is 62.4 Å². The molecule has 2 heterocycles. The van der Waals surface area contributed by atoms with Crippen LogP contribution in [-0.4, -0.2) is 66.9 Å².